The first-order valence-electron chi connectivity index (χ1n) is 9.32. The van der Waals surface area contributed by atoms with Crippen LogP contribution < -0.4 is 9.64 Å². The van der Waals surface area contributed by atoms with Gasteiger partial charge in [-0.1, -0.05) is 47.2 Å². The van der Waals surface area contributed by atoms with E-state index in [4.69, 9.17) is 31.2 Å². The van der Waals surface area contributed by atoms with Crippen LogP contribution in [0.1, 0.15) is 11.7 Å². The lowest BCUT2D eigenvalue weighted by atomic mass is 10.1. The number of hydrogen-bond acceptors (Lipinski definition) is 6. The van der Waals surface area contributed by atoms with Crippen LogP contribution in [0.3, 0.4) is 0 Å². The summed E-state index contributed by atoms with van der Waals surface area (Å²) < 4.78 is 13.2. The Kier molecular flexibility index (Phi) is 4.87. The molecule has 0 bridgehead atoms. The molecule has 0 N–H and O–H groups in total. The number of methoxy groups -OCH3 is 1. The fraction of sp³-hybridized carbons (Fsp3) is 0.238. The number of morpholine rings is 1. The molecular formula is C21H19ClN4O2S. The van der Waals surface area contributed by atoms with Gasteiger partial charge in [-0.25, -0.2) is 9.50 Å². The van der Waals surface area contributed by atoms with Crippen LogP contribution in [0.25, 0.3) is 16.2 Å². The van der Waals surface area contributed by atoms with E-state index in [0.717, 1.165) is 45.8 Å². The second-order valence-corrected chi connectivity index (χ2v) is 8.20. The summed E-state index contributed by atoms with van der Waals surface area (Å²) in [6, 6.07) is 15.7. The fourth-order valence-electron chi connectivity index (χ4n) is 3.44. The molecule has 1 atom stereocenters. The van der Waals surface area contributed by atoms with Gasteiger partial charge in [-0.3, -0.25) is 0 Å². The van der Waals surface area contributed by atoms with Crippen molar-refractivity contribution >= 4 is 33.0 Å². The molecule has 1 aliphatic heterocycles. The Bertz CT molecular complexity index is 1110. The third-order valence-corrected chi connectivity index (χ3v) is 6.21. The largest absolute Gasteiger partial charge is 0.497 e. The number of fused-ring (bicyclic) bond motifs is 1. The summed E-state index contributed by atoms with van der Waals surface area (Å²) >= 11 is 7.57. The van der Waals surface area contributed by atoms with Crippen LogP contribution in [-0.2, 0) is 4.74 Å². The van der Waals surface area contributed by atoms with Gasteiger partial charge in [-0.15, -0.1) is 5.10 Å². The third kappa shape index (κ3) is 3.69. The van der Waals surface area contributed by atoms with Crippen LogP contribution >= 0.6 is 22.9 Å². The summed E-state index contributed by atoms with van der Waals surface area (Å²) in [7, 11) is 1.68. The first-order chi connectivity index (χ1) is 14.2. The van der Waals surface area contributed by atoms with E-state index in [1.165, 1.54) is 0 Å². The molecule has 29 heavy (non-hydrogen) atoms. The quantitative estimate of drug-likeness (QED) is 0.473. The molecule has 1 aliphatic rings. The van der Waals surface area contributed by atoms with Crippen LogP contribution in [0.15, 0.2) is 54.7 Å². The van der Waals surface area contributed by atoms with Crippen molar-refractivity contribution in [1.29, 1.82) is 0 Å². The molecule has 1 saturated heterocycles. The lowest BCUT2D eigenvalue weighted by molar-refractivity contribution is 0.0396. The van der Waals surface area contributed by atoms with Crippen molar-refractivity contribution < 1.29 is 9.47 Å². The van der Waals surface area contributed by atoms with Crippen molar-refractivity contribution in [2.24, 2.45) is 0 Å². The molecule has 0 amide bonds. The predicted molar refractivity (Wildman–Crippen MR) is 115 cm³/mol. The van der Waals surface area contributed by atoms with Crippen LogP contribution in [-0.4, -0.2) is 41.4 Å². The van der Waals surface area contributed by atoms with Crippen LogP contribution in [0.5, 0.6) is 5.75 Å². The zero-order valence-electron chi connectivity index (χ0n) is 15.8. The lowest BCUT2D eigenvalue weighted by Gasteiger charge is -2.32. The molecule has 2 aromatic carbocycles. The molecule has 2 aromatic heterocycles. The van der Waals surface area contributed by atoms with E-state index in [1.54, 1.807) is 18.4 Å². The van der Waals surface area contributed by atoms with Gasteiger partial charge in [0.15, 0.2) is 0 Å². The number of anilines is 1. The monoisotopic (exact) mass is 426 g/mol. The smallest absolute Gasteiger partial charge is 0.214 e. The zero-order valence-corrected chi connectivity index (χ0v) is 17.4. The third-order valence-electron chi connectivity index (χ3n) is 4.98. The van der Waals surface area contributed by atoms with Crippen molar-refractivity contribution in [3.63, 3.8) is 0 Å². The highest BCUT2D eigenvalue weighted by Gasteiger charge is 2.25. The molecule has 8 heteroatoms. The molecule has 6 nitrogen and oxygen atoms in total. The van der Waals surface area contributed by atoms with Gasteiger partial charge in [0.25, 0.3) is 0 Å². The Morgan fingerprint density at radius 2 is 2.07 bits per heavy atom. The second-order valence-electron chi connectivity index (χ2n) is 6.83. The van der Waals surface area contributed by atoms with Crippen molar-refractivity contribution in [1.82, 2.24) is 14.6 Å². The van der Waals surface area contributed by atoms with E-state index < -0.39 is 0 Å². The number of imidazole rings is 1. The minimum absolute atomic E-state index is 0.0142. The van der Waals surface area contributed by atoms with Gasteiger partial charge < -0.3 is 14.4 Å². The van der Waals surface area contributed by atoms with Crippen molar-refractivity contribution in [3.05, 3.63) is 65.3 Å². The number of ether oxygens (including phenoxy) is 2. The molecule has 148 valence electrons. The summed E-state index contributed by atoms with van der Waals surface area (Å²) in [5, 5.41) is 6.42. The van der Waals surface area contributed by atoms with Crippen LogP contribution in [0.2, 0.25) is 5.02 Å². The zero-order chi connectivity index (χ0) is 19.8. The molecule has 1 fully saturated rings. The number of halogens is 1. The maximum absolute atomic E-state index is 6.00. The molecular weight excluding hydrogens is 408 g/mol. The number of rotatable bonds is 4. The minimum Gasteiger partial charge on any atom is -0.497 e. The summed E-state index contributed by atoms with van der Waals surface area (Å²) in [5.41, 5.74) is 3.03. The number of aromatic nitrogens is 3. The molecule has 0 radical (unpaired) electrons. The fourth-order valence-corrected chi connectivity index (χ4v) is 4.49. The number of hydrogen-bond donors (Lipinski definition) is 0. The first kappa shape index (κ1) is 18.4. The first-order valence-corrected chi connectivity index (χ1v) is 10.5. The second kappa shape index (κ2) is 7.67. The Labute approximate surface area is 177 Å². The normalized spacial score (nSPS) is 17.0. The van der Waals surface area contributed by atoms with Gasteiger partial charge in [-0.05, 0) is 29.8 Å². The molecule has 0 saturated carbocycles. The van der Waals surface area contributed by atoms with Crippen molar-refractivity contribution in [2.45, 2.75) is 6.10 Å². The number of benzene rings is 2. The highest BCUT2D eigenvalue weighted by atomic mass is 35.5. The average molecular weight is 427 g/mol. The minimum atomic E-state index is -0.0142. The topological polar surface area (TPSA) is 51.9 Å². The van der Waals surface area contributed by atoms with Gasteiger partial charge in [0, 0.05) is 17.1 Å². The Morgan fingerprint density at radius 1 is 1.21 bits per heavy atom. The maximum atomic E-state index is 6.00. The van der Waals surface area contributed by atoms with Crippen molar-refractivity contribution in [2.75, 3.05) is 31.7 Å². The van der Waals surface area contributed by atoms with Gasteiger partial charge in [0.1, 0.15) is 11.9 Å². The Hall–Kier alpha value is -2.61. The predicted octanol–water partition coefficient (Wildman–Crippen LogP) is 4.70. The maximum Gasteiger partial charge on any atom is 0.214 e. The van der Waals surface area contributed by atoms with Crippen LogP contribution in [0, 0.1) is 0 Å². The summed E-state index contributed by atoms with van der Waals surface area (Å²) in [6.45, 7) is 2.20. The van der Waals surface area contributed by atoms with Gasteiger partial charge in [0.2, 0.25) is 10.1 Å². The van der Waals surface area contributed by atoms with E-state index in [0.29, 0.717) is 11.6 Å². The molecule has 1 unspecified atom stereocenters. The molecule has 4 aromatic rings. The Balaban J connectivity index is 1.37. The van der Waals surface area contributed by atoms with E-state index >= 15 is 0 Å². The molecule has 0 spiro atoms. The molecule has 3 heterocycles. The van der Waals surface area contributed by atoms with Gasteiger partial charge >= 0.3 is 0 Å². The summed E-state index contributed by atoms with van der Waals surface area (Å²) in [5.74, 6) is 0.839. The highest BCUT2D eigenvalue weighted by Crippen LogP contribution is 2.31. The average Bonchev–Trinajstić information content (AvgIpc) is 3.34. The SMILES string of the molecule is COc1cccc(C2CN(c3nn4cc(-c5ccc(Cl)cc5)nc4s3)CCO2)c1. The van der Waals surface area contributed by atoms with Crippen molar-refractivity contribution in [3.8, 4) is 17.0 Å². The van der Waals surface area contributed by atoms with Crippen LogP contribution in [0.4, 0.5) is 5.13 Å². The van der Waals surface area contributed by atoms with E-state index in [9.17, 15) is 0 Å². The van der Waals surface area contributed by atoms with Gasteiger partial charge in [-0.2, -0.15) is 0 Å². The summed E-state index contributed by atoms with van der Waals surface area (Å²) in [4.78, 5) is 7.86. The van der Waals surface area contributed by atoms with E-state index in [-0.39, 0.29) is 6.10 Å². The van der Waals surface area contributed by atoms with Gasteiger partial charge in [0.05, 0.1) is 32.2 Å². The molecule has 0 aliphatic carbocycles. The van der Waals surface area contributed by atoms with E-state index in [2.05, 4.69) is 11.0 Å². The standard InChI is InChI=1S/C21H19ClN4O2S/c1-27-17-4-2-3-15(11-17)19-13-25(9-10-28-19)21-24-26-12-18(23-20(26)29-21)14-5-7-16(22)8-6-14/h2-8,11-12,19H,9-10,13H2,1H3. The van der Waals surface area contributed by atoms with E-state index in [1.807, 2.05) is 53.2 Å². The highest BCUT2D eigenvalue weighted by molar-refractivity contribution is 7.20. The lowest BCUT2D eigenvalue weighted by Crippen LogP contribution is -2.38. The molecule has 5 rings (SSSR count). The Morgan fingerprint density at radius 3 is 2.86 bits per heavy atom. The number of nitrogens with zero attached hydrogens (tertiary/aromatic N) is 4. The summed E-state index contributed by atoms with van der Waals surface area (Å²) in [6.07, 6.45) is 1.94.